The van der Waals surface area contributed by atoms with Crippen molar-refractivity contribution in [3.63, 3.8) is 0 Å². The fraction of sp³-hybridized carbons (Fsp3) is 0.160. The topological polar surface area (TPSA) is 66.9 Å². The summed E-state index contributed by atoms with van der Waals surface area (Å²) in [6.45, 7) is 1.04. The highest BCUT2D eigenvalue weighted by atomic mass is 32.1. The Balaban J connectivity index is 1.47. The Labute approximate surface area is 184 Å². The molecule has 31 heavy (non-hydrogen) atoms. The van der Waals surface area contributed by atoms with Crippen LogP contribution in [0.3, 0.4) is 0 Å². The average molecular weight is 425 g/mol. The molecule has 0 aliphatic carbocycles. The number of hydrogen-bond donors (Lipinski definition) is 2. The van der Waals surface area contributed by atoms with Gasteiger partial charge in [-0.2, -0.15) is 0 Å². The van der Waals surface area contributed by atoms with Gasteiger partial charge in [0.25, 0.3) is 0 Å². The van der Waals surface area contributed by atoms with Crippen molar-refractivity contribution in [2.24, 2.45) is 0 Å². The zero-order chi connectivity index (χ0) is 21.0. The summed E-state index contributed by atoms with van der Waals surface area (Å²) in [6, 6.07) is 17.9. The maximum Gasteiger partial charge on any atom is 0.151 e. The minimum Gasteiger partial charge on any atom is -0.339 e. The monoisotopic (exact) mass is 424 g/mol. The number of hydrogen-bond acceptors (Lipinski definition) is 6. The van der Waals surface area contributed by atoms with E-state index in [4.69, 9.17) is 0 Å². The van der Waals surface area contributed by atoms with Crippen LogP contribution in [0.5, 0.6) is 0 Å². The molecule has 0 amide bonds. The lowest BCUT2D eigenvalue weighted by Gasteiger charge is -2.10. The number of aromatic nitrogens is 2. The first-order valence-corrected chi connectivity index (χ1v) is 11.0. The predicted octanol–water partition coefficient (Wildman–Crippen LogP) is 5.02. The molecule has 152 valence electrons. The van der Waals surface area contributed by atoms with Crippen molar-refractivity contribution in [2.75, 3.05) is 11.9 Å². The van der Waals surface area contributed by atoms with Crippen molar-refractivity contribution >= 4 is 39.3 Å². The number of carbonyl (C=O) groups is 1. The van der Waals surface area contributed by atoms with Crippen LogP contribution >= 0.6 is 11.3 Å². The molecule has 5 rings (SSSR count). The van der Waals surface area contributed by atoms with E-state index in [-0.39, 0.29) is 6.04 Å². The van der Waals surface area contributed by atoms with E-state index in [1.807, 2.05) is 54.6 Å². The Hall–Kier alpha value is -3.53. The first kappa shape index (κ1) is 19.4. The number of rotatable bonds is 4. The van der Waals surface area contributed by atoms with Crippen LogP contribution in [0.15, 0.2) is 60.9 Å². The SMILES string of the molecule is O=Cc1ccc(Nc2ncnc3cc(C#C[C@H]4CCCN4)sc23)cc1-c1ccccc1. The summed E-state index contributed by atoms with van der Waals surface area (Å²) in [5.41, 5.74) is 4.27. The molecule has 5 nitrogen and oxygen atoms in total. The number of benzene rings is 2. The van der Waals surface area contributed by atoms with Gasteiger partial charge in [-0.05, 0) is 54.8 Å². The number of nitrogens with zero attached hydrogens (tertiary/aromatic N) is 2. The quantitative estimate of drug-likeness (QED) is 0.356. The number of fused-ring (bicyclic) bond motifs is 1. The highest BCUT2D eigenvalue weighted by Crippen LogP contribution is 2.32. The summed E-state index contributed by atoms with van der Waals surface area (Å²) in [5, 5.41) is 6.80. The Morgan fingerprint density at radius 1 is 1.13 bits per heavy atom. The highest BCUT2D eigenvalue weighted by Gasteiger charge is 2.12. The first-order chi connectivity index (χ1) is 15.3. The van der Waals surface area contributed by atoms with Crippen LogP contribution in [0.25, 0.3) is 21.3 Å². The van der Waals surface area contributed by atoms with Gasteiger partial charge in [0.1, 0.15) is 6.33 Å². The maximum atomic E-state index is 11.5. The molecule has 0 unspecified atom stereocenters. The lowest BCUT2D eigenvalue weighted by molar-refractivity contribution is 0.112. The molecular weight excluding hydrogens is 404 g/mol. The molecule has 0 saturated carbocycles. The minimum atomic E-state index is 0.279. The molecule has 4 aromatic rings. The molecule has 1 saturated heterocycles. The van der Waals surface area contributed by atoms with Gasteiger partial charge >= 0.3 is 0 Å². The summed E-state index contributed by atoms with van der Waals surface area (Å²) >= 11 is 1.59. The van der Waals surface area contributed by atoms with Crippen LogP contribution in [0.4, 0.5) is 11.5 Å². The van der Waals surface area contributed by atoms with Gasteiger partial charge in [-0.3, -0.25) is 4.79 Å². The highest BCUT2D eigenvalue weighted by molar-refractivity contribution is 7.20. The van der Waals surface area contributed by atoms with E-state index in [2.05, 4.69) is 32.4 Å². The normalized spacial score (nSPS) is 15.4. The van der Waals surface area contributed by atoms with Gasteiger partial charge in [0.05, 0.1) is 21.1 Å². The van der Waals surface area contributed by atoms with E-state index in [1.165, 1.54) is 6.42 Å². The summed E-state index contributed by atoms with van der Waals surface area (Å²) in [6.07, 6.45) is 4.73. The molecule has 1 aliphatic heterocycles. The largest absolute Gasteiger partial charge is 0.339 e. The van der Waals surface area contributed by atoms with Crippen LogP contribution in [-0.4, -0.2) is 28.8 Å². The molecule has 0 spiro atoms. The van der Waals surface area contributed by atoms with Crippen molar-refractivity contribution in [1.82, 2.24) is 15.3 Å². The van der Waals surface area contributed by atoms with Gasteiger partial charge in [-0.25, -0.2) is 9.97 Å². The summed E-state index contributed by atoms with van der Waals surface area (Å²) in [4.78, 5) is 21.4. The van der Waals surface area contributed by atoms with Gasteiger partial charge in [-0.1, -0.05) is 42.2 Å². The van der Waals surface area contributed by atoms with E-state index in [0.29, 0.717) is 5.56 Å². The van der Waals surface area contributed by atoms with Crippen LogP contribution in [0.2, 0.25) is 0 Å². The van der Waals surface area contributed by atoms with Gasteiger partial charge in [-0.15, -0.1) is 11.3 Å². The number of anilines is 2. The second-order valence-electron chi connectivity index (χ2n) is 7.38. The summed E-state index contributed by atoms with van der Waals surface area (Å²) in [5.74, 6) is 7.33. The molecule has 1 aliphatic rings. The molecule has 2 aromatic carbocycles. The number of thiophene rings is 1. The van der Waals surface area contributed by atoms with Crippen molar-refractivity contribution in [2.45, 2.75) is 18.9 Å². The Morgan fingerprint density at radius 3 is 2.84 bits per heavy atom. The van der Waals surface area contributed by atoms with Gasteiger partial charge < -0.3 is 10.6 Å². The smallest absolute Gasteiger partial charge is 0.151 e. The number of aldehydes is 1. The Kier molecular flexibility index (Phi) is 5.44. The van der Waals surface area contributed by atoms with Crippen molar-refractivity contribution < 1.29 is 4.79 Å². The third-order valence-electron chi connectivity index (χ3n) is 5.27. The fourth-order valence-electron chi connectivity index (χ4n) is 3.71. The average Bonchev–Trinajstić information content (AvgIpc) is 3.48. The number of nitrogens with one attached hydrogen (secondary N) is 2. The standard InChI is InChI=1S/C25H20N4OS/c30-15-18-8-9-20(13-22(18)17-5-2-1-3-6-17)29-25-24-23(27-16-28-25)14-21(31-24)11-10-19-7-4-12-26-19/h1-3,5-6,8-9,13-16,19,26H,4,7,12H2,(H,27,28,29)/t19-/m1/s1. The summed E-state index contributed by atoms with van der Waals surface area (Å²) < 4.78 is 0.965. The zero-order valence-electron chi connectivity index (χ0n) is 16.8. The minimum absolute atomic E-state index is 0.279. The molecule has 0 radical (unpaired) electrons. The fourth-order valence-corrected chi connectivity index (χ4v) is 4.63. The van der Waals surface area contributed by atoms with Crippen LogP contribution in [0.1, 0.15) is 28.1 Å². The lowest BCUT2D eigenvalue weighted by Crippen LogP contribution is -2.18. The Bertz CT molecular complexity index is 1300. The molecule has 6 heteroatoms. The van der Waals surface area contributed by atoms with E-state index in [0.717, 1.165) is 57.0 Å². The molecule has 2 N–H and O–H groups in total. The molecule has 1 atom stereocenters. The van der Waals surface area contributed by atoms with Gasteiger partial charge in [0, 0.05) is 11.3 Å². The Morgan fingerprint density at radius 2 is 2.03 bits per heavy atom. The van der Waals surface area contributed by atoms with Crippen LogP contribution in [0, 0.1) is 11.8 Å². The molecule has 2 aromatic heterocycles. The summed E-state index contributed by atoms with van der Waals surface area (Å²) in [7, 11) is 0. The van der Waals surface area contributed by atoms with E-state index >= 15 is 0 Å². The number of carbonyl (C=O) groups excluding carboxylic acids is 1. The van der Waals surface area contributed by atoms with Crippen molar-refractivity contribution in [3.8, 4) is 23.0 Å². The second kappa shape index (κ2) is 8.68. The molecule has 1 fully saturated rings. The van der Waals surface area contributed by atoms with Crippen LogP contribution in [-0.2, 0) is 0 Å². The lowest BCUT2D eigenvalue weighted by atomic mass is 10.00. The van der Waals surface area contributed by atoms with Gasteiger partial charge in [0.15, 0.2) is 12.1 Å². The van der Waals surface area contributed by atoms with Crippen molar-refractivity contribution in [1.29, 1.82) is 0 Å². The second-order valence-corrected chi connectivity index (χ2v) is 8.43. The first-order valence-electron chi connectivity index (χ1n) is 10.2. The predicted molar refractivity (Wildman–Crippen MR) is 126 cm³/mol. The molecular formula is C25H20N4OS. The van der Waals surface area contributed by atoms with Crippen molar-refractivity contribution in [3.05, 3.63) is 71.4 Å². The van der Waals surface area contributed by atoms with E-state index in [9.17, 15) is 4.79 Å². The third-order valence-corrected chi connectivity index (χ3v) is 6.32. The maximum absolute atomic E-state index is 11.5. The van der Waals surface area contributed by atoms with Gasteiger partial charge in [0.2, 0.25) is 0 Å². The molecule has 3 heterocycles. The van der Waals surface area contributed by atoms with E-state index in [1.54, 1.807) is 17.7 Å². The van der Waals surface area contributed by atoms with E-state index < -0.39 is 0 Å². The van der Waals surface area contributed by atoms with Crippen LogP contribution < -0.4 is 10.6 Å². The molecule has 0 bridgehead atoms. The third kappa shape index (κ3) is 4.19. The zero-order valence-corrected chi connectivity index (χ0v) is 17.6.